The van der Waals surface area contributed by atoms with Crippen LogP contribution >= 0.6 is 11.3 Å². The zero-order valence-electron chi connectivity index (χ0n) is 23.5. The maximum atomic E-state index is 12.6. The van der Waals surface area contributed by atoms with Gasteiger partial charge in [0, 0.05) is 29.1 Å². The average molecular weight is 568 g/mol. The molecule has 2 aromatic heterocycles. The lowest BCUT2D eigenvalue weighted by molar-refractivity contribution is -0.154. The van der Waals surface area contributed by atoms with Gasteiger partial charge in [-0.2, -0.15) is 0 Å². The van der Waals surface area contributed by atoms with E-state index in [1.807, 2.05) is 55.0 Å². The molecular weight excluding hydrogens is 530 g/mol. The van der Waals surface area contributed by atoms with E-state index in [1.54, 1.807) is 18.4 Å². The van der Waals surface area contributed by atoms with Crippen molar-refractivity contribution in [3.63, 3.8) is 0 Å². The fourth-order valence-electron chi connectivity index (χ4n) is 4.97. The van der Waals surface area contributed by atoms with Crippen molar-refractivity contribution in [1.29, 1.82) is 0 Å². The van der Waals surface area contributed by atoms with Crippen LogP contribution in [0.4, 0.5) is 0 Å². The van der Waals surface area contributed by atoms with E-state index < -0.39 is 17.0 Å². The van der Waals surface area contributed by atoms with Gasteiger partial charge in [-0.25, -0.2) is 4.79 Å². The first-order valence-electron chi connectivity index (χ1n) is 13.7. The van der Waals surface area contributed by atoms with Crippen molar-refractivity contribution >= 4 is 23.3 Å². The highest BCUT2D eigenvalue weighted by atomic mass is 32.1. The number of aromatic nitrogens is 1. The molecule has 1 atom stereocenters. The van der Waals surface area contributed by atoms with Crippen LogP contribution in [0.5, 0.6) is 11.5 Å². The van der Waals surface area contributed by atoms with Crippen molar-refractivity contribution in [2.24, 2.45) is 0 Å². The van der Waals surface area contributed by atoms with E-state index in [1.165, 1.54) is 12.3 Å². The highest BCUT2D eigenvalue weighted by molar-refractivity contribution is 7.10. The minimum atomic E-state index is -1.24. The lowest BCUT2D eigenvalue weighted by Crippen LogP contribution is -2.25. The molecule has 0 amide bonds. The number of ether oxygens (including phenoxy) is 3. The van der Waals surface area contributed by atoms with Gasteiger partial charge in [0.1, 0.15) is 11.2 Å². The summed E-state index contributed by atoms with van der Waals surface area (Å²) in [5.74, 6) is -0.173. The van der Waals surface area contributed by atoms with Crippen molar-refractivity contribution < 1.29 is 28.9 Å². The van der Waals surface area contributed by atoms with Crippen LogP contribution in [0, 0.1) is 0 Å². The summed E-state index contributed by atoms with van der Waals surface area (Å²) in [6, 6.07) is 9.12. The maximum absolute atomic E-state index is 12.6. The predicted molar refractivity (Wildman–Crippen MR) is 155 cm³/mol. The van der Waals surface area contributed by atoms with Crippen LogP contribution in [0.15, 0.2) is 46.7 Å². The molecule has 0 fully saturated rings. The second kappa shape index (κ2) is 12.7. The van der Waals surface area contributed by atoms with Crippen molar-refractivity contribution in [2.45, 2.75) is 77.4 Å². The van der Waals surface area contributed by atoms with Crippen LogP contribution in [0.3, 0.4) is 0 Å². The van der Waals surface area contributed by atoms with Gasteiger partial charge in [0.15, 0.2) is 16.9 Å². The molecule has 1 aromatic carbocycles. The number of benzene rings is 1. The van der Waals surface area contributed by atoms with Crippen LogP contribution in [0.2, 0.25) is 0 Å². The number of hydrogen-bond acceptors (Lipinski definition) is 7. The minimum absolute atomic E-state index is 0.136. The molecule has 214 valence electrons. The highest BCUT2D eigenvalue weighted by Crippen LogP contribution is 2.43. The smallest absolute Gasteiger partial charge is 0.341 e. The summed E-state index contributed by atoms with van der Waals surface area (Å²) >= 11 is 1.60. The van der Waals surface area contributed by atoms with Gasteiger partial charge in [0.05, 0.1) is 25.5 Å². The molecule has 0 bridgehead atoms. The third-order valence-corrected chi connectivity index (χ3v) is 7.77. The van der Waals surface area contributed by atoms with E-state index in [4.69, 9.17) is 14.2 Å². The predicted octanol–water partition coefficient (Wildman–Crippen LogP) is 6.49. The number of fused-ring (bicyclic) bond motifs is 3. The van der Waals surface area contributed by atoms with Gasteiger partial charge < -0.3 is 23.9 Å². The summed E-state index contributed by atoms with van der Waals surface area (Å²) in [6.07, 6.45) is 7.19. The number of carboxylic acids is 1. The second-order valence-electron chi connectivity index (χ2n) is 11.0. The molecule has 0 spiro atoms. The second-order valence-corrected chi connectivity index (χ2v) is 12.0. The van der Waals surface area contributed by atoms with E-state index in [0.717, 1.165) is 48.1 Å². The number of thiophene rings is 1. The van der Waals surface area contributed by atoms with Gasteiger partial charge in [-0.15, -0.1) is 11.3 Å². The molecule has 8 nitrogen and oxygen atoms in total. The van der Waals surface area contributed by atoms with Crippen molar-refractivity contribution in [1.82, 2.24) is 4.57 Å². The number of rotatable bonds is 12. The minimum Gasteiger partial charge on any atom is -0.493 e. The van der Waals surface area contributed by atoms with Gasteiger partial charge in [-0.05, 0) is 69.2 Å². The largest absolute Gasteiger partial charge is 0.493 e. The lowest BCUT2D eigenvalue weighted by Gasteiger charge is -2.31. The van der Waals surface area contributed by atoms with Gasteiger partial charge in [0.2, 0.25) is 0 Å². The Hall–Kier alpha value is -3.59. The zero-order valence-corrected chi connectivity index (χ0v) is 24.3. The van der Waals surface area contributed by atoms with Crippen LogP contribution in [-0.4, -0.2) is 40.9 Å². The van der Waals surface area contributed by atoms with Crippen molar-refractivity contribution in [2.75, 3.05) is 13.7 Å². The average Bonchev–Trinajstić information content (AvgIpc) is 3.42. The fraction of sp³-hybridized carbons (Fsp3) is 0.452. The van der Waals surface area contributed by atoms with E-state index in [2.05, 4.69) is 0 Å². The Balaban J connectivity index is 1.43. The SMILES string of the molecule is COc1cc2c(cc1OCCCCCCCC(=O)OC(C)(C)C)CC(c1cccs1)n1cc(C(=O)O)c(=O)cc1-2. The summed E-state index contributed by atoms with van der Waals surface area (Å²) in [7, 11) is 1.58. The molecule has 4 rings (SSSR count). The number of hydrogen-bond donors (Lipinski definition) is 1. The molecule has 9 heteroatoms. The van der Waals surface area contributed by atoms with Gasteiger partial charge in [0.25, 0.3) is 0 Å². The monoisotopic (exact) mass is 567 g/mol. The van der Waals surface area contributed by atoms with E-state index in [9.17, 15) is 19.5 Å². The first-order chi connectivity index (χ1) is 19.1. The fourth-order valence-corrected chi connectivity index (χ4v) is 5.79. The third kappa shape index (κ3) is 7.13. The highest BCUT2D eigenvalue weighted by Gasteiger charge is 2.29. The Kier molecular flexibility index (Phi) is 9.35. The number of nitrogens with zero attached hydrogens (tertiary/aromatic N) is 1. The molecular formula is C31H37NO7S. The molecule has 0 radical (unpaired) electrons. The molecule has 3 heterocycles. The number of carbonyl (C=O) groups excluding carboxylic acids is 1. The number of methoxy groups -OCH3 is 1. The van der Waals surface area contributed by atoms with Crippen LogP contribution in [-0.2, 0) is 16.0 Å². The van der Waals surface area contributed by atoms with Gasteiger partial charge >= 0.3 is 11.9 Å². The summed E-state index contributed by atoms with van der Waals surface area (Å²) < 4.78 is 19.0. The van der Waals surface area contributed by atoms with Crippen molar-refractivity contribution in [3.8, 4) is 22.8 Å². The van der Waals surface area contributed by atoms with Crippen LogP contribution in [0.1, 0.15) is 86.1 Å². The molecule has 1 aliphatic rings. The first kappa shape index (κ1) is 29.4. The third-order valence-electron chi connectivity index (χ3n) is 6.80. The standard InChI is InChI=1S/C31H37NO7S/c1-31(2,3)39-29(34)12-8-6-5-7-9-13-38-27-16-20-15-24(28-11-10-14-40-28)32-19-22(30(35)36)25(33)18-23(32)21(20)17-26(27)37-4/h10-11,14,16-19,24H,5-9,12-13,15H2,1-4H3,(H,35,36). The Morgan fingerprint density at radius 3 is 2.50 bits per heavy atom. The Morgan fingerprint density at radius 1 is 1.07 bits per heavy atom. The first-order valence-corrected chi connectivity index (χ1v) is 14.5. The molecule has 0 saturated carbocycles. The number of esters is 1. The quantitative estimate of drug-likeness (QED) is 0.197. The molecule has 40 heavy (non-hydrogen) atoms. The molecule has 1 unspecified atom stereocenters. The molecule has 1 N–H and O–H groups in total. The Morgan fingerprint density at radius 2 is 1.82 bits per heavy atom. The Labute approximate surface area is 238 Å². The molecule has 0 aliphatic carbocycles. The van der Waals surface area contributed by atoms with Crippen molar-refractivity contribution in [3.05, 3.63) is 68.1 Å². The summed E-state index contributed by atoms with van der Waals surface area (Å²) in [5, 5.41) is 11.5. The number of carboxylic acid groups (broad SMARTS) is 1. The van der Waals surface area contributed by atoms with E-state index in [0.29, 0.717) is 36.6 Å². The Bertz CT molecular complexity index is 1400. The lowest BCUT2D eigenvalue weighted by atomic mass is 9.91. The van der Waals surface area contributed by atoms with Crippen LogP contribution < -0.4 is 14.9 Å². The number of aromatic carboxylic acids is 1. The van der Waals surface area contributed by atoms with Gasteiger partial charge in [-0.3, -0.25) is 9.59 Å². The van der Waals surface area contributed by atoms with Crippen LogP contribution in [0.25, 0.3) is 11.3 Å². The van der Waals surface area contributed by atoms with E-state index in [-0.39, 0.29) is 17.6 Å². The molecule has 1 aliphatic heterocycles. The zero-order chi connectivity index (χ0) is 28.9. The number of carbonyl (C=O) groups is 2. The molecule has 3 aromatic rings. The number of pyridine rings is 1. The van der Waals surface area contributed by atoms with E-state index >= 15 is 0 Å². The summed E-state index contributed by atoms with van der Waals surface area (Å²) in [5.41, 5.74) is 1.29. The number of unbranched alkanes of at least 4 members (excludes halogenated alkanes) is 4. The summed E-state index contributed by atoms with van der Waals surface area (Å²) in [4.78, 5) is 37.3. The topological polar surface area (TPSA) is 104 Å². The molecule has 0 saturated heterocycles. The normalized spacial score (nSPS) is 14.2. The maximum Gasteiger partial charge on any atom is 0.341 e. The summed E-state index contributed by atoms with van der Waals surface area (Å²) in [6.45, 7) is 6.17. The van der Waals surface area contributed by atoms with Gasteiger partial charge in [-0.1, -0.05) is 25.3 Å².